The number of hydrogen-bond donors (Lipinski definition) is 1. The first-order valence-corrected chi connectivity index (χ1v) is 16.4. The second-order valence-corrected chi connectivity index (χ2v) is 14.0. The predicted molar refractivity (Wildman–Crippen MR) is 180 cm³/mol. The number of esters is 1. The van der Waals surface area contributed by atoms with Gasteiger partial charge in [0.1, 0.15) is 6.61 Å². The molecule has 10 nitrogen and oxygen atoms in total. The molecule has 0 amide bonds. The third-order valence-electron chi connectivity index (χ3n) is 7.84. The van der Waals surface area contributed by atoms with E-state index in [1.807, 2.05) is 74.5 Å². The Morgan fingerprint density at radius 3 is 2.26 bits per heavy atom. The summed E-state index contributed by atoms with van der Waals surface area (Å²) in [6.45, 7) is 8.80. The third-order valence-corrected chi connectivity index (χ3v) is 9.96. The number of hydrogen-bond acceptors (Lipinski definition) is 9. The molecule has 0 saturated carbocycles. The highest BCUT2D eigenvalue weighted by Crippen LogP contribution is 2.66. The van der Waals surface area contributed by atoms with Gasteiger partial charge < -0.3 is 24.0 Å². The van der Waals surface area contributed by atoms with Gasteiger partial charge in [0.15, 0.2) is 0 Å². The van der Waals surface area contributed by atoms with Gasteiger partial charge in [0.05, 0.1) is 41.5 Å². The first kappa shape index (κ1) is 34.9. The molecule has 0 unspecified atom stereocenters. The molecule has 0 radical (unpaired) electrons. The molecule has 1 saturated heterocycles. The summed E-state index contributed by atoms with van der Waals surface area (Å²) in [5.41, 5.74) is 3.18. The fraction of sp³-hybridized carbons (Fsp3) is 0.324. The molecule has 244 valence electrons. The summed E-state index contributed by atoms with van der Waals surface area (Å²) in [6, 6.07) is 25.9. The molecule has 1 fully saturated rings. The minimum atomic E-state index is -3.91. The van der Waals surface area contributed by atoms with E-state index in [0.29, 0.717) is 30.0 Å². The van der Waals surface area contributed by atoms with Crippen LogP contribution in [0.15, 0.2) is 107 Å². The van der Waals surface area contributed by atoms with Crippen molar-refractivity contribution in [1.82, 2.24) is 5.32 Å². The van der Waals surface area contributed by atoms with E-state index < -0.39 is 24.4 Å². The first-order valence-electron chi connectivity index (χ1n) is 14.8. The fourth-order valence-corrected chi connectivity index (χ4v) is 8.02. The van der Waals surface area contributed by atoms with Crippen molar-refractivity contribution in [2.24, 2.45) is 5.41 Å². The number of para-hydroxylation sites is 1. The van der Waals surface area contributed by atoms with Crippen molar-refractivity contribution in [3.05, 3.63) is 128 Å². The van der Waals surface area contributed by atoms with Crippen LogP contribution in [0.4, 0.5) is 11.4 Å². The molecule has 0 spiro atoms. The number of benzene rings is 3. The Bertz CT molecular complexity index is 1660. The SMILES string of the molecule is CC1=C(C(=O)OCCN(Cc2ccccc2)c2ccccc2)[C@@H](c2cccc([N+](=O)[O-])c2)C(P2(=O)OCC(C)(C)CO2)=C(C)N1.Cl. The largest absolute Gasteiger partial charge is 0.460 e. The van der Waals surface area contributed by atoms with Gasteiger partial charge >= 0.3 is 13.6 Å². The van der Waals surface area contributed by atoms with Crippen LogP contribution < -0.4 is 10.2 Å². The molecule has 2 aliphatic rings. The van der Waals surface area contributed by atoms with E-state index in [-0.39, 0.29) is 54.2 Å². The van der Waals surface area contributed by atoms with Crippen LogP contribution in [-0.2, 0) is 29.7 Å². The van der Waals surface area contributed by atoms with E-state index in [9.17, 15) is 19.5 Å². The van der Waals surface area contributed by atoms with Crippen molar-refractivity contribution in [2.75, 3.05) is 31.3 Å². The lowest BCUT2D eigenvalue weighted by Gasteiger charge is -2.39. The summed E-state index contributed by atoms with van der Waals surface area (Å²) in [5, 5.41) is 15.1. The van der Waals surface area contributed by atoms with Gasteiger partial charge in [0.2, 0.25) is 0 Å². The van der Waals surface area contributed by atoms with Crippen molar-refractivity contribution < 1.29 is 28.1 Å². The molecule has 3 aromatic carbocycles. The van der Waals surface area contributed by atoms with Gasteiger partial charge in [-0.3, -0.25) is 14.7 Å². The number of anilines is 1. The van der Waals surface area contributed by atoms with E-state index in [1.54, 1.807) is 26.0 Å². The van der Waals surface area contributed by atoms with Crippen molar-refractivity contribution >= 4 is 37.3 Å². The number of nitrogens with zero attached hydrogens (tertiary/aromatic N) is 2. The number of nitro benzene ring substituents is 1. The van der Waals surface area contributed by atoms with Crippen LogP contribution >= 0.6 is 20.0 Å². The van der Waals surface area contributed by atoms with Crippen molar-refractivity contribution in [3.8, 4) is 0 Å². The summed E-state index contributed by atoms with van der Waals surface area (Å²) in [4.78, 5) is 27.3. The maximum Gasteiger partial charge on any atom is 0.360 e. The first-order chi connectivity index (χ1) is 21.5. The van der Waals surface area contributed by atoms with Gasteiger partial charge in [-0.25, -0.2) is 4.79 Å². The molecular weight excluding hydrogens is 629 g/mol. The minimum Gasteiger partial charge on any atom is -0.460 e. The molecule has 0 aliphatic carbocycles. The smallest absolute Gasteiger partial charge is 0.360 e. The summed E-state index contributed by atoms with van der Waals surface area (Å²) < 4.78 is 32.1. The average Bonchev–Trinajstić information content (AvgIpc) is 3.02. The number of nitro groups is 1. The monoisotopic (exact) mass is 667 g/mol. The van der Waals surface area contributed by atoms with Gasteiger partial charge in [-0.1, -0.05) is 74.5 Å². The number of carbonyl (C=O) groups is 1. The van der Waals surface area contributed by atoms with Crippen LogP contribution in [0.3, 0.4) is 0 Å². The quantitative estimate of drug-likeness (QED) is 0.100. The van der Waals surface area contributed by atoms with Gasteiger partial charge in [0, 0.05) is 41.2 Å². The highest BCUT2D eigenvalue weighted by Gasteiger charge is 2.48. The summed E-state index contributed by atoms with van der Waals surface area (Å²) in [5.74, 6) is -1.58. The topological polar surface area (TPSA) is 120 Å². The van der Waals surface area contributed by atoms with Gasteiger partial charge in [-0.05, 0) is 37.1 Å². The molecule has 0 bridgehead atoms. The molecule has 12 heteroatoms. The van der Waals surface area contributed by atoms with Gasteiger partial charge in [0.25, 0.3) is 5.69 Å². The Labute approximate surface area is 275 Å². The second-order valence-electron chi connectivity index (χ2n) is 12.0. The van der Waals surface area contributed by atoms with Crippen LogP contribution in [0, 0.1) is 15.5 Å². The Hall–Kier alpha value is -3.95. The van der Waals surface area contributed by atoms with Gasteiger partial charge in [-0.15, -0.1) is 12.4 Å². The number of dihydropyridines is 1. The third kappa shape index (κ3) is 7.88. The van der Waals surface area contributed by atoms with Crippen LogP contribution in [0.25, 0.3) is 0 Å². The maximum atomic E-state index is 14.3. The summed E-state index contributed by atoms with van der Waals surface area (Å²) >= 11 is 0. The Kier molecular flexibility index (Phi) is 11.1. The Morgan fingerprint density at radius 2 is 1.63 bits per heavy atom. The number of rotatable bonds is 10. The van der Waals surface area contributed by atoms with E-state index in [0.717, 1.165) is 11.3 Å². The molecule has 1 atom stereocenters. The lowest BCUT2D eigenvalue weighted by atomic mass is 9.86. The van der Waals surface area contributed by atoms with E-state index >= 15 is 0 Å². The van der Waals surface area contributed by atoms with Crippen molar-refractivity contribution in [1.29, 1.82) is 0 Å². The molecule has 0 aromatic heterocycles. The second kappa shape index (κ2) is 14.6. The number of non-ortho nitro benzene ring substituents is 1. The minimum absolute atomic E-state index is 0. The van der Waals surface area contributed by atoms with E-state index in [1.165, 1.54) is 12.1 Å². The van der Waals surface area contributed by atoms with E-state index in [4.69, 9.17) is 13.8 Å². The Morgan fingerprint density at radius 1 is 1.00 bits per heavy atom. The Balaban J connectivity index is 0.00000480. The van der Waals surface area contributed by atoms with E-state index in [2.05, 4.69) is 10.2 Å². The number of carbonyl (C=O) groups excluding carboxylic acids is 1. The molecule has 2 heterocycles. The zero-order valence-electron chi connectivity index (χ0n) is 26.3. The molecule has 2 aliphatic heterocycles. The molecule has 1 N–H and O–H groups in total. The summed E-state index contributed by atoms with van der Waals surface area (Å²) in [7, 11) is -3.91. The van der Waals surface area contributed by atoms with Crippen molar-refractivity contribution in [3.63, 3.8) is 0 Å². The highest BCUT2D eigenvalue weighted by molar-refractivity contribution is 7.58. The zero-order valence-corrected chi connectivity index (χ0v) is 28.0. The molecule has 46 heavy (non-hydrogen) atoms. The highest BCUT2D eigenvalue weighted by atomic mass is 35.5. The maximum absolute atomic E-state index is 14.3. The predicted octanol–water partition coefficient (Wildman–Crippen LogP) is 7.73. The standard InChI is InChI=1S/C34H38N3O7P.ClH/c1-24-30(33(38)42-19-18-36(28-15-9-6-10-16-28)21-26-12-7-5-8-13-26)31(27-14-11-17-29(20-27)37(39)40)32(25(2)35-24)45(41)43-22-34(3,4)23-44-45;/h5-17,20,31,35H,18-19,21-23H2,1-4H3;1H/t31-;/m1./s1. The summed E-state index contributed by atoms with van der Waals surface area (Å²) in [6.07, 6.45) is 0. The van der Waals surface area contributed by atoms with Crippen LogP contribution in [0.5, 0.6) is 0 Å². The lowest BCUT2D eigenvalue weighted by Crippen LogP contribution is -2.34. The number of halogens is 1. The number of allylic oxidation sites excluding steroid dienone is 3. The lowest BCUT2D eigenvalue weighted by molar-refractivity contribution is -0.384. The average molecular weight is 668 g/mol. The van der Waals surface area contributed by atoms with Crippen molar-refractivity contribution in [2.45, 2.75) is 40.2 Å². The number of nitrogens with one attached hydrogen (secondary N) is 1. The van der Waals surface area contributed by atoms with Gasteiger partial charge in [-0.2, -0.15) is 0 Å². The fourth-order valence-electron chi connectivity index (χ4n) is 5.57. The molecule has 3 aromatic rings. The molecular formula is C34H39ClN3O7P. The zero-order chi connectivity index (χ0) is 32.2. The molecule has 5 rings (SSSR count). The van der Waals surface area contributed by atoms with Crippen LogP contribution in [0.1, 0.15) is 44.7 Å². The van der Waals surface area contributed by atoms with Crippen LogP contribution in [0.2, 0.25) is 0 Å². The number of ether oxygens (including phenoxy) is 1. The van der Waals surface area contributed by atoms with Crippen LogP contribution in [-0.4, -0.2) is 37.3 Å². The normalized spacial score (nSPS) is 18.7.